The molecule has 0 saturated heterocycles. The van der Waals surface area contributed by atoms with E-state index in [0.717, 1.165) is 51.6 Å². The Morgan fingerprint density at radius 1 is 1.05 bits per heavy atom. The molecule has 126 valence electrons. The quantitative estimate of drug-likeness (QED) is 0.557. The maximum atomic E-state index is 12.4. The molecule has 0 fully saturated rings. The van der Waals surface area contributed by atoms with Crippen LogP contribution in [0.3, 0.4) is 0 Å². The molecule has 6 heteroatoms. The summed E-state index contributed by atoms with van der Waals surface area (Å²) in [4.78, 5) is 14.2. The zero-order valence-electron chi connectivity index (χ0n) is 13.8. The summed E-state index contributed by atoms with van der Waals surface area (Å²) in [6.45, 7) is 5.70. The molecule has 21 heavy (non-hydrogen) atoms. The number of amides is 1. The van der Waals surface area contributed by atoms with Crippen LogP contribution in [-0.4, -0.2) is 50.4 Å². The van der Waals surface area contributed by atoms with Crippen molar-refractivity contribution >= 4 is 15.7 Å². The predicted molar refractivity (Wildman–Crippen MR) is 87.9 cm³/mol. The van der Waals surface area contributed by atoms with Crippen molar-refractivity contribution in [2.45, 2.75) is 64.8 Å². The molecule has 1 unspecified atom stereocenters. The number of hydrogen-bond donors (Lipinski definition) is 1. The van der Waals surface area contributed by atoms with E-state index < -0.39 is 15.9 Å². The van der Waals surface area contributed by atoms with Crippen LogP contribution in [0.4, 0.5) is 0 Å². The second-order valence-corrected chi connectivity index (χ2v) is 8.02. The minimum Gasteiger partial charge on any atom is -0.341 e. The molecular weight excluding hydrogens is 288 g/mol. The van der Waals surface area contributed by atoms with Gasteiger partial charge < -0.3 is 10.6 Å². The Morgan fingerprint density at radius 3 is 1.90 bits per heavy atom. The van der Waals surface area contributed by atoms with Gasteiger partial charge in [0.25, 0.3) is 0 Å². The number of nitrogens with two attached hydrogens (primary N) is 1. The Kier molecular flexibility index (Phi) is 10.7. The van der Waals surface area contributed by atoms with Gasteiger partial charge in [-0.05, 0) is 19.3 Å². The first kappa shape index (κ1) is 20.4. The molecule has 1 atom stereocenters. The summed E-state index contributed by atoms with van der Waals surface area (Å²) < 4.78 is 22.3. The molecule has 0 aliphatic carbocycles. The molecule has 2 N–H and O–H groups in total. The molecule has 0 aliphatic rings. The second-order valence-electron chi connectivity index (χ2n) is 5.76. The van der Waals surface area contributed by atoms with E-state index in [0.29, 0.717) is 0 Å². The molecule has 0 heterocycles. The van der Waals surface area contributed by atoms with Gasteiger partial charge in [-0.3, -0.25) is 4.79 Å². The fourth-order valence-electron chi connectivity index (χ4n) is 2.14. The number of nitrogens with zero attached hydrogens (tertiary/aromatic N) is 1. The lowest BCUT2D eigenvalue weighted by atomic mass is 10.1. The molecular formula is C15H32N2O3S. The molecule has 0 aromatic heterocycles. The van der Waals surface area contributed by atoms with Crippen LogP contribution in [0.15, 0.2) is 0 Å². The van der Waals surface area contributed by atoms with Crippen molar-refractivity contribution in [3.63, 3.8) is 0 Å². The molecule has 0 aliphatic heterocycles. The van der Waals surface area contributed by atoms with Gasteiger partial charge in [0, 0.05) is 19.3 Å². The summed E-state index contributed by atoms with van der Waals surface area (Å²) in [5.41, 5.74) is 5.88. The lowest BCUT2D eigenvalue weighted by molar-refractivity contribution is -0.132. The highest BCUT2D eigenvalue weighted by atomic mass is 32.2. The van der Waals surface area contributed by atoms with Crippen molar-refractivity contribution in [2.24, 2.45) is 5.73 Å². The average Bonchev–Trinajstić information content (AvgIpc) is 2.42. The first-order valence-corrected chi connectivity index (χ1v) is 10.1. The van der Waals surface area contributed by atoms with Gasteiger partial charge in [-0.15, -0.1) is 0 Å². The molecule has 5 nitrogen and oxygen atoms in total. The highest BCUT2D eigenvalue weighted by molar-refractivity contribution is 7.90. The van der Waals surface area contributed by atoms with Gasteiger partial charge in [0.2, 0.25) is 5.91 Å². The van der Waals surface area contributed by atoms with E-state index in [2.05, 4.69) is 13.8 Å². The maximum Gasteiger partial charge on any atom is 0.239 e. The lowest BCUT2D eigenvalue weighted by Gasteiger charge is -2.25. The van der Waals surface area contributed by atoms with Crippen LogP contribution in [-0.2, 0) is 14.6 Å². The van der Waals surface area contributed by atoms with Crippen LogP contribution in [0.25, 0.3) is 0 Å². The van der Waals surface area contributed by atoms with Gasteiger partial charge in [-0.25, -0.2) is 8.42 Å². The molecule has 0 spiro atoms. The molecule has 0 bridgehead atoms. The molecule has 0 aromatic rings. The van der Waals surface area contributed by atoms with Gasteiger partial charge in [0.1, 0.15) is 9.84 Å². The van der Waals surface area contributed by atoms with Gasteiger partial charge in [-0.1, -0.05) is 39.5 Å². The Balaban J connectivity index is 4.44. The van der Waals surface area contributed by atoms with Crippen molar-refractivity contribution in [3.8, 4) is 0 Å². The summed E-state index contributed by atoms with van der Waals surface area (Å²) in [6.07, 6.45) is 7.74. The van der Waals surface area contributed by atoms with E-state index in [1.54, 1.807) is 0 Å². The average molecular weight is 320 g/mol. The fourth-order valence-corrected chi connectivity index (χ4v) is 2.82. The van der Waals surface area contributed by atoms with Gasteiger partial charge in [0.05, 0.1) is 11.8 Å². The monoisotopic (exact) mass is 320 g/mol. The molecule has 0 aromatic carbocycles. The van der Waals surface area contributed by atoms with Crippen LogP contribution in [0.1, 0.15) is 58.8 Å². The third-order valence-electron chi connectivity index (χ3n) is 3.49. The Bertz CT molecular complexity index is 372. The summed E-state index contributed by atoms with van der Waals surface area (Å²) in [5, 5.41) is 0. The number of hydrogen-bond acceptors (Lipinski definition) is 4. The number of rotatable bonds is 12. The molecule has 1 amide bonds. The van der Waals surface area contributed by atoms with E-state index in [1.165, 1.54) is 6.26 Å². The molecule has 0 rings (SSSR count). The van der Waals surface area contributed by atoms with Crippen molar-refractivity contribution in [2.75, 3.05) is 25.1 Å². The number of sulfone groups is 1. The normalized spacial score (nSPS) is 13.1. The predicted octanol–water partition coefficient (Wildman–Crippen LogP) is 1.96. The van der Waals surface area contributed by atoms with Crippen LogP contribution in [0.5, 0.6) is 0 Å². The third-order valence-corrected chi connectivity index (χ3v) is 4.47. The minimum atomic E-state index is -3.07. The van der Waals surface area contributed by atoms with Gasteiger partial charge >= 0.3 is 0 Å². The van der Waals surface area contributed by atoms with E-state index in [-0.39, 0.29) is 18.1 Å². The van der Waals surface area contributed by atoms with Crippen molar-refractivity contribution in [1.82, 2.24) is 4.90 Å². The van der Waals surface area contributed by atoms with E-state index in [4.69, 9.17) is 5.73 Å². The standard InChI is InChI=1S/C15H32N2O3S/c1-4-6-8-11-17(12-9-7-5-2)15(18)14(16)10-13-21(3,19)20/h14H,4-13,16H2,1-3H3. The van der Waals surface area contributed by atoms with Crippen molar-refractivity contribution < 1.29 is 13.2 Å². The largest absolute Gasteiger partial charge is 0.341 e. The minimum absolute atomic E-state index is 0.0301. The Labute approximate surface area is 130 Å². The van der Waals surface area contributed by atoms with Crippen LogP contribution < -0.4 is 5.73 Å². The topological polar surface area (TPSA) is 80.5 Å². The third kappa shape index (κ3) is 10.7. The number of unbranched alkanes of at least 4 members (excludes halogenated alkanes) is 4. The first-order valence-electron chi connectivity index (χ1n) is 8.03. The number of carbonyl (C=O) groups is 1. The van der Waals surface area contributed by atoms with Crippen LogP contribution in [0.2, 0.25) is 0 Å². The lowest BCUT2D eigenvalue weighted by Crippen LogP contribution is -2.45. The van der Waals surface area contributed by atoms with E-state index >= 15 is 0 Å². The van der Waals surface area contributed by atoms with Gasteiger partial charge in [0.15, 0.2) is 0 Å². The Morgan fingerprint density at radius 2 is 1.52 bits per heavy atom. The second kappa shape index (κ2) is 11.0. The van der Waals surface area contributed by atoms with Crippen LogP contribution in [0, 0.1) is 0 Å². The van der Waals surface area contributed by atoms with E-state index in [9.17, 15) is 13.2 Å². The van der Waals surface area contributed by atoms with E-state index in [1.807, 2.05) is 4.90 Å². The first-order chi connectivity index (χ1) is 9.81. The highest BCUT2D eigenvalue weighted by Gasteiger charge is 2.21. The number of carbonyl (C=O) groups excluding carboxylic acids is 1. The fraction of sp³-hybridized carbons (Fsp3) is 0.933. The Hall–Kier alpha value is -0.620. The summed E-state index contributed by atoms with van der Waals surface area (Å²) in [5.74, 6) is -0.136. The molecule has 0 radical (unpaired) electrons. The summed E-state index contributed by atoms with van der Waals surface area (Å²) >= 11 is 0. The SMILES string of the molecule is CCCCCN(CCCCC)C(=O)C(N)CCS(C)(=O)=O. The zero-order valence-corrected chi connectivity index (χ0v) is 14.6. The molecule has 0 saturated carbocycles. The summed E-state index contributed by atoms with van der Waals surface area (Å²) in [7, 11) is -3.07. The maximum absolute atomic E-state index is 12.4. The van der Waals surface area contributed by atoms with Gasteiger partial charge in [-0.2, -0.15) is 0 Å². The summed E-state index contributed by atoms with van der Waals surface area (Å²) in [6, 6.07) is -0.706. The smallest absolute Gasteiger partial charge is 0.239 e. The zero-order chi connectivity index (χ0) is 16.3. The highest BCUT2D eigenvalue weighted by Crippen LogP contribution is 2.06. The van der Waals surface area contributed by atoms with Crippen molar-refractivity contribution in [1.29, 1.82) is 0 Å². The van der Waals surface area contributed by atoms with Crippen molar-refractivity contribution in [3.05, 3.63) is 0 Å². The van der Waals surface area contributed by atoms with Crippen LogP contribution >= 0.6 is 0 Å².